The number of carbonyl (C=O) groups is 1. The van der Waals surface area contributed by atoms with Crippen molar-refractivity contribution in [3.8, 4) is 5.75 Å². The molecule has 3 nitrogen and oxygen atoms in total. The Balaban J connectivity index is 1.85. The summed E-state index contributed by atoms with van der Waals surface area (Å²) in [5.74, 6) is 0.614. The second kappa shape index (κ2) is 7.85. The average molecular weight is 318 g/mol. The SMILES string of the molecule is CC(Oc1ccccc1Cl)C(=O)NCC(C)c1ccccc1. The van der Waals surface area contributed by atoms with Crippen molar-refractivity contribution in [1.82, 2.24) is 5.32 Å². The molecule has 0 aliphatic rings. The largest absolute Gasteiger partial charge is 0.479 e. The molecule has 4 heteroatoms. The van der Waals surface area contributed by atoms with Gasteiger partial charge < -0.3 is 10.1 Å². The molecule has 22 heavy (non-hydrogen) atoms. The summed E-state index contributed by atoms with van der Waals surface area (Å²) in [6.45, 7) is 4.36. The molecule has 0 aromatic heterocycles. The summed E-state index contributed by atoms with van der Waals surface area (Å²) in [5.41, 5.74) is 1.20. The van der Waals surface area contributed by atoms with Gasteiger partial charge in [-0.25, -0.2) is 0 Å². The maximum Gasteiger partial charge on any atom is 0.260 e. The fourth-order valence-corrected chi connectivity index (χ4v) is 2.26. The summed E-state index contributed by atoms with van der Waals surface area (Å²) >= 11 is 6.02. The van der Waals surface area contributed by atoms with Crippen LogP contribution in [0.25, 0.3) is 0 Å². The quantitative estimate of drug-likeness (QED) is 0.873. The lowest BCUT2D eigenvalue weighted by Gasteiger charge is -2.18. The van der Waals surface area contributed by atoms with Crippen molar-refractivity contribution in [2.75, 3.05) is 6.54 Å². The lowest BCUT2D eigenvalue weighted by molar-refractivity contribution is -0.127. The summed E-state index contributed by atoms with van der Waals surface area (Å²) in [7, 11) is 0. The lowest BCUT2D eigenvalue weighted by Crippen LogP contribution is -2.38. The van der Waals surface area contributed by atoms with Gasteiger partial charge in [-0.15, -0.1) is 0 Å². The fraction of sp³-hybridized carbons (Fsp3) is 0.278. The van der Waals surface area contributed by atoms with Crippen molar-refractivity contribution in [2.24, 2.45) is 0 Å². The minimum atomic E-state index is -0.595. The predicted octanol–water partition coefficient (Wildman–Crippen LogP) is 4.03. The Bertz CT molecular complexity index is 615. The van der Waals surface area contributed by atoms with E-state index in [2.05, 4.69) is 24.4 Å². The third-order valence-corrected chi connectivity index (χ3v) is 3.77. The van der Waals surface area contributed by atoms with Crippen LogP contribution in [0.2, 0.25) is 5.02 Å². The maximum atomic E-state index is 12.1. The predicted molar refractivity (Wildman–Crippen MR) is 89.4 cm³/mol. The molecular formula is C18H20ClNO2. The van der Waals surface area contributed by atoms with E-state index in [0.29, 0.717) is 17.3 Å². The minimum Gasteiger partial charge on any atom is -0.479 e. The summed E-state index contributed by atoms with van der Waals surface area (Å²) < 4.78 is 5.60. The first-order valence-electron chi connectivity index (χ1n) is 7.31. The zero-order valence-corrected chi connectivity index (χ0v) is 13.5. The van der Waals surface area contributed by atoms with Crippen molar-refractivity contribution < 1.29 is 9.53 Å². The summed E-state index contributed by atoms with van der Waals surface area (Å²) in [6.07, 6.45) is -0.595. The summed E-state index contributed by atoms with van der Waals surface area (Å²) in [4.78, 5) is 12.1. The molecule has 0 fully saturated rings. The van der Waals surface area contributed by atoms with Crippen LogP contribution in [0.15, 0.2) is 54.6 Å². The number of amides is 1. The number of benzene rings is 2. The smallest absolute Gasteiger partial charge is 0.260 e. The molecule has 1 N–H and O–H groups in total. The molecule has 2 aromatic rings. The van der Waals surface area contributed by atoms with Crippen LogP contribution in [0.4, 0.5) is 0 Å². The van der Waals surface area contributed by atoms with Gasteiger partial charge in [0, 0.05) is 6.54 Å². The number of carbonyl (C=O) groups excluding carboxylic acids is 1. The highest BCUT2D eigenvalue weighted by Gasteiger charge is 2.16. The molecular weight excluding hydrogens is 298 g/mol. The number of halogens is 1. The van der Waals surface area contributed by atoms with E-state index in [1.807, 2.05) is 30.3 Å². The Morgan fingerprint density at radius 2 is 1.73 bits per heavy atom. The molecule has 0 heterocycles. The van der Waals surface area contributed by atoms with Gasteiger partial charge in [0.15, 0.2) is 6.10 Å². The number of hydrogen-bond acceptors (Lipinski definition) is 2. The first kappa shape index (κ1) is 16.4. The van der Waals surface area contributed by atoms with E-state index in [0.717, 1.165) is 0 Å². The van der Waals surface area contributed by atoms with Crippen LogP contribution in [-0.2, 0) is 4.79 Å². The van der Waals surface area contributed by atoms with Gasteiger partial charge in [-0.05, 0) is 30.5 Å². The van der Waals surface area contributed by atoms with Crippen LogP contribution < -0.4 is 10.1 Å². The molecule has 0 radical (unpaired) electrons. The molecule has 1 amide bonds. The van der Waals surface area contributed by atoms with Gasteiger partial charge >= 0.3 is 0 Å². The van der Waals surface area contributed by atoms with Gasteiger partial charge in [0.1, 0.15) is 5.75 Å². The second-order valence-corrected chi connectivity index (χ2v) is 5.65. The minimum absolute atomic E-state index is 0.150. The topological polar surface area (TPSA) is 38.3 Å². The van der Waals surface area contributed by atoms with Crippen LogP contribution >= 0.6 is 11.6 Å². The average Bonchev–Trinajstić information content (AvgIpc) is 2.55. The van der Waals surface area contributed by atoms with E-state index < -0.39 is 6.10 Å². The normalized spacial score (nSPS) is 13.2. The summed E-state index contributed by atoms with van der Waals surface area (Å²) in [5, 5.41) is 3.41. The molecule has 116 valence electrons. The van der Waals surface area contributed by atoms with Crippen LogP contribution in [0.5, 0.6) is 5.75 Å². The standard InChI is InChI=1S/C18H20ClNO2/c1-13(15-8-4-3-5-9-15)12-20-18(21)14(2)22-17-11-7-6-10-16(17)19/h3-11,13-14H,12H2,1-2H3,(H,20,21). The molecule has 2 rings (SSSR count). The van der Waals surface area contributed by atoms with Crippen molar-refractivity contribution in [1.29, 1.82) is 0 Å². The van der Waals surface area contributed by atoms with Crippen molar-refractivity contribution >= 4 is 17.5 Å². The summed E-state index contributed by atoms with van der Waals surface area (Å²) in [6, 6.07) is 17.2. The lowest BCUT2D eigenvalue weighted by atomic mass is 10.0. The van der Waals surface area contributed by atoms with E-state index >= 15 is 0 Å². The highest BCUT2D eigenvalue weighted by molar-refractivity contribution is 6.32. The molecule has 0 aliphatic carbocycles. The van der Waals surface area contributed by atoms with E-state index in [9.17, 15) is 4.79 Å². The number of ether oxygens (including phenoxy) is 1. The van der Waals surface area contributed by atoms with E-state index in [1.165, 1.54) is 5.56 Å². The third kappa shape index (κ3) is 4.50. The zero-order chi connectivity index (χ0) is 15.9. The van der Waals surface area contributed by atoms with Crippen molar-refractivity contribution in [2.45, 2.75) is 25.9 Å². The van der Waals surface area contributed by atoms with E-state index in [1.54, 1.807) is 19.1 Å². The Morgan fingerprint density at radius 1 is 1.09 bits per heavy atom. The van der Waals surface area contributed by atoms with Crippen LogP contribution in [0.3, 0.4) is 0 Å². The van der Waals surface area contributed by atoms with Gasteiger partial charge in [-0.3, -0.25) is 4.79 Å². The van der Waals surface area contributed by atoms with Gasteiger partial charge in [-0.2, -0.15) is 0 Å². The van der Waals surface area contributed by atoms with Gasteiger partial charge in [0.25, 0.3) is 5.91 Å². The molecule has 0 aliphatic heterocycles. The Hall–Kier alpha value is -2.00. The highest BCUT2D eigenvalue weighted by atomic mass is 35.5. The number of nitrogens with one attached hydrogen (secondary N) is 1. The molecule has 0 spiro atoms. The molecule has 0 saturated carbocycles. The Labute approximate surface area is 136 Å². The monoisotopic (exact) mass is 317 g/mol. The van der Waals surface area contributed by atoms with Gasteiger partial charge in [-0.1, -0.05) is 61.0 Å². The van der Waals surface area contributed by atoms with Crippen LogP contribution in [0, 0.1) is 0 Å². The molecule has 0 bridgehead atoms. The Kier molecular flexibility index (Phi) is 5.84. The fourth-order valence-electron chi connectivity index (χ4n) is 2.08. The zero-order valence-electron chi connectivity index (χ0n) is 12.8. The number of rotatable bonds is 6. The molecule has 0 saturated heterocycles. The van der Waals surface area contributed by atoms with Gasteiger partial charge in [0.2, 0.25) is 0 Å². The van der Waals surface area contributed by atoms with E-state index in [4.69, 9.17) is 16.3 Å². The first-order chi connectivity index (χ1) is 10.6. The molecule has 2 aromatic carbocycles. The number of para-hydroxylation sites is 1. The van der Waals surface area contributed by atoms with Crippen molar-refractivity contribution in [3.63, 3.8) is 0 Å². The number of hydrogen-bond donors (Lipinski definition) is 1. The third-order valence-electron chi connectivity index (χ3n) is 3.46. The van der Waals surface area contributed by atoms with Crippen molar-refractivity contribution in [3.05, 3.63) is 65.2 Å². The second-order valence-electron chi connectivity index (χ2n) is 5.25. The highest BCUT2D eigenvalue weighted by Crippen LogP contribution is 2.24. The van der Waals surface area contributed by atoms with Crippen LogP contribution in [0.1, 0.15) is 25.3 Å². The van der Waals surface area contributed by atoms with Crippen LogP contribution in [-0.4, -0.2) is 18.6 Å². The molecule has 2 atom stereocenters. The Morgan fingerprint density at radius 3 is 2.41 bits per heavy atom. The van der Waals surface area contributed by atoms with Gasteiger partial charge in [0.05, 0.1) is 5.02 Å². The first-order valence-corrected chi connectivity index (χ1v) is 7.69. The molecule has 2 unspecified atom stereocenters. The van der Waals surface area contributed by atoms with E-state index in [-0.39, 0.29) is 11.8 Å². The maximum absolute atomic E-state index is 12.1.